The summed E-state index contributed by atoms with van der Waals surface area (Å²) in [5, 5.41) is 9.56. The van der Waals surface area contributed by atoms with E-state index in [2.05, 4.69) is 9.97 Å². The number of hydrogen-bond acceptors (Lipinski definition) is 4. The van der Waals surface area contributed by atoms with Crippen molar-refractivity contribution < 1.29 is 9.90 Å². The van der Waals surface area contributed by atoms with Gasteiger partial charge in [0.25, 0.3) is 0 Å². The lowest BCUT2D eigenvalue weighted by Crippen LogP contribution is -2.15. The van der Waals surface area contributed by atoms with Crippen LogP contribution in [-0.2, 0) is 4.79 Å². The van der Waals surface area contributed by atoms with Gasteiger partial charge in [-0.15, -0.1) is 0 Å². The highest BCUT2D eigenvalue weighted by atomic mass is 35.5. The molecule has 0 spiro atoms. The lowest BCUT2D eigenvalue weighted by atomic mass is 10.1. The molecule has 5 nitrogen and oxygen atoms in total. The van der Waals surface area contributed by atoms with Crippen LogP contribution >= 0.6 is 23.2 Å². The molecule has 0 amide bonds. The number of halogens is 2. The van der Waals surface area contributed by atoms with Crippen molar-refractivity contribution in [3.63, 3.8) is 0 Å². The van der Waals surface area contributed by atoms with E-state index in [4.69, 9.17) is 34.0 Å². The minimum Gasteiger partial charge on any atom is -0.481 e. The van der Waals surface area contributed by atoms with Gasteiger partial charge in [-0.1, -0.05) is 23.2 Å². The molecule has 0 bridgehead atoms. The van der Waals surface area contributed by atoms with Crippen molar-refractivity contribution in [2.45, 2.75) is 12.5 Å². The molecule has 104 valence electrons. The second-order valence-electron chi connectivity index (χ2n) is 4.17. The topological polar surface area (TPSA) is 89.1 Å². The summed E-state index contributed by atoms with van der Waals surface area (Å²) in [5.74, 6) is -0.499. The number of aliphatic carboxylic acids is 1. The Morgan fingerprint density at radius 3 is 2.45 bits per heavy atom. The van der Waals surface area contributed by atoms with E-state index < -0.39 is 12.0 Å². The minimum absolute atomic E-state index is 0.171. The van der Waals surface area contributed by atoms with E-state index in [1.807, 2.05) is 0 Å². The normalized spacial score (nSPS) is 12.2. The summed E-state index contributed by atoms with van der Waals surface area (Å²) in [7, 11) is 0. The third kappa shape index (κ3) is 3.45. The highest BCUT2D eigenvalue weighted by Crippen LogP contribution is 2.26. The summed E-state index contributed by atoms with van der Waals surface area (Å²) < 4.78 is 0. The Morgan fingerprint density at radius 2 is 1.90 bits per heavy atom. The number of benzene rings is 1. The van der Waals surface area contributed by atoms with E-state index in [0.29, 0.717) is 21.4 Å². The van der Waals surface area contributed by atoms with Crippen LogP contribution in [0.15, 0.2) is 30.6 Å². The van der Waals surface area contributed by atoms with Crippen LogP contribution in [0, 0.1) is 0 Å². The molecule has 0 saturated heterocycles. The summed E-state index contributed by atoms with van der Waals surface area (Å²) in [6.45, 7) is 0. The number of carboxylic acids is 1. The number of carboxylic acid groups (broad SMARTS) is 1. The molecule has 0 radical (unpaired) electrons. The van der Waals surface area contributed by atoms with Gasteiger partial charge in [0.2, 0.25) is 0 Å². The third-order valence-electron chi connectivity index (χ3n) is 2.67. The summed E-state index contributed by atoms with van der Waals surface area (Å²) in [5.41, 5.74) is 7.02. The Balaban J connectivity index is 2.23. The van der Waals surface area contributed by atoms with Gasteiger partial charge in [0, 0.05) is 29.6 Å². The number of aromatic nitrogens is 2. The van der Waals surface area contributed by atoms with Gasteiger partial charge in [0.15, 0.2) is 5.82 Å². The van der Waals surface area contributed by atoms with Gasteiger partial charge < -0.3 is 10.8 Å². The van der Waals surface area contributed by atoms with Crippen molar-refractivity contribution in [1.29, 1.82) is 0 Å². The molecular formula is C13H11Cl2N3O2. The fraction of sp³-hybridized carbons (Fsp3) is 0.154. The van der Waals surface area contributed by atoms with E-state index in [1.54, 1.807) is 18.2 Å². The van der Waals surface area contributed by atoms with Crippen molar-refractivity contribution in [1.82, 2.24) is 9.97 Å². The van der Waals surface area contributed by atoms with Gasteiger partial charge in [0.05, 0.1) is 16.5 Å². The SMILES string of the molecule is NC(CC(=O)O)c1cnc(-c2ccc(Cl)c(Cl)c2)nc1. The van der Waals surface area contributed by atoms with Crippen molar-refractivity contribution >= 4 is 29.2 Å². The maximum atomic E-state index is 10.6. The van der Waals surface area contributed by atoms with E-state index >= 15 is 0 Å². The largest absolute Gasteiger partial charge is 0.481 e. The van der Waals surface area contributed by atoms with Gasteiger partial charge in [0.1, 0.15) is 0 Å². The zero-order chi connectivity index (χ0) is 14.7. The monoisotopic (exact) mass is 311 g/mol. The van der Waals surface area contributed by atoms with Crippen LogP contribution in [0.4, 0.5) is 0 Å². The molecular weight excluding hydrogens is 301 g/mol. The minimum atomic E-state index is -0.967. The Hall–Kier alpha value is -1.69. The second kappa shape index (κ2) is 6.17. The molecule has 0 saturated carbocycles. The molecule has 1 unspecified atom stereocenters. The number of nitrogens with two attached hydrogens (primary N) is 1. The maximum absolute atomic E-state index is 10.6. The van der Waals surface area contributed by atoms with Crippen LogP contribution in [-0.4, -0.2) is 21.0 Å². The van der Waals surface area contributed by atoms with Crippen LogP contribution in [0.3, 0.4) is 0 Å². The molecule has 7 heteroatoms. The molecule has 2 aromatic rings. The fourth-order valence-corrected chi connectivity index (χ4v) is 1.92. The van der Waals surface area contributed by atoms with Crippen molar-refractivity contribution in [3.05, 3.63) is 46.2 Å². The van der Waals surface area contributed by atoms with Crippen LogP contribution in [0.25, 0.3) is 11.4 Å². The average molecular weight is 312 g/mol. The number of hydrogen-bond donors (Lipinski definition) is 2. The highest BCUT2D eigenvalue weighted by molar-refractivity contribution is 6.42. The van der Waals surface area contributed by atoms with Crippen LogP contribution in [0.5, 0.6) is 0 Å². The molecule has 20 heavy (non-hydrogen) atoms. The fourth-order valence-electron chi connectivity index (χ4n) is 1.62. The van der Waals surface area contributed by atoms with Crippen LogP contribution in [0.2, 0.25) is 10.0 Å². The van der Waals surface area contributed by atoms with Crippen molar-refractivity contribution in [2.24, 2.45) is 5.73 Å². The smallest absolute Gasteiger partial charge is 0.305 e. The molecule has 1 aromatic heterocycles. The van der Waals surface area contributed by atoms with Gasteiger partial charge >= 0.3 is 5.97 Å². The molecule has 0 aliphatic carbocycles. The second-order valence-corrected chi connectivity index (χ2v) is 4.99. The van der Waals surface area contributed by atoms with E-state index in [-0.39, 0.29) is 6.42 Å². The van der Waals surface area contributed by atoms with Gasteiger partial charge in [-0.3, -0.25) is 4.79 Å². The van der Waals surface area contributed by atoms with Gasteiger partial charge in [-0.05, 0) is 18.2 Å². The highest BCUT2D eigenvalue weighted by Gasteiger charge is 2.12. The summed E-state index contributed by atoms with van der Waals surface area (Å²) >= 11 is 11.8. The summed E-state index contributed by atoms with van der Waals surface area (Å²) in [6.07, 6.45) is 2.85. The zero-order valence-corrected chi connectivity index (χ0v) is 11.8. The van der Waals surface area contributed by atoms with Crippen LogP contribution in [0.1, 0.15) is 18.0 Å². The molecule has 2 rings (SSSR count). The Morgan fingerprint density at radius 1 is 1.25 bits per heavy atom. The number of nitrogens with zero attached hydrogens (tertiary/aromatic N) is 2. The Kier molecular flexibility index (Phi) is 4.54. The lowest BCUT2D eigenvalue weighted by Gasteiger charge is -2.09. The average Bonchev–Trinajstić information content (AvgIpc) is 2.41. The number of carbonyl (C=O) groups is 1. The molecule has 3 N–H and O–H groups in total. The van der Waals surface area contributed by atoms with E-state index in [9.17, 15) is 4.79 Å². The first-order chi connectivity index (χ1) is 9.47. The summed E-state index contributed by atoms with van der Waals surface area (Å²) in [4.78, 5) is 18.9. The first-order valence-corrected chi connectivity index (χ1v) is 6.47. The molecule has 1 aromatic carbocycles. The predicted molar refractivity (Wildman–Crippen MR) is 76.7 cm³/mol. The van der Waals surface area contributed by atoms with Gasteiger partial charge in [-0.25, -0.2) is 9.97 Å². The van der Waals surface area contributed by atoms with Crippen molar-refractivity contribution in [3.8, 4) is 11.4 Å². The lowest BCUT2D eigenvalue weighted by molar-refractivity contribution is -0.137. The molecule has 0 aliphatic heterocycles. The zero-order valence-electron chi connectivity index (χ0n) is 10.3. The van der Waals surface area contributed by atoms with Crippen molar-refractivity contribution in [2.75, 3.05) is 0 Å². The number of rotatable bonds is 4. The quantitative estimate of drug-likeness (QED) is 0.906. The molecule has 0 fully saturated rings. The standard InChI is InChI=1S/C13H11Cl2N3O2/c14-9-2-1-7(3-10(9)15)13-17-5-8(6-18-13)11(16)4-12(19)20/h1-3,5-6,11H,4,16H2,(H,19,20). The summed E-state index contributed by atoms with van der Waals surface area (Å²) in [6, 6.07) is 4.44. The molecule has 0 aliphatic rings. The van der Waals surface area contributed by atoms with Crippen LogP contribution < -0.4 is 5.73 Å². The van der Waals surface area contributed by atoms with Gasteiger partial charge in [-0.2, -0.15) is 0 Å². The maximum Gasteiger partial charge on any atom is 0.305 e. The Labute approximate surface area is 125 Å². The first-order valence-electron chi connectivity index (χ1n) is 5.72. The van der Waals surface area contributed by atoms with E-state index in [0.717, 1.165) is 5.56 Å². The predicted octanol–water partition coefficient (Wildman–Crippen LogP) is 2.92. The molecule has 1 atom stereocenters. The Bertz CT molecular complexity index is 632. The first kappa shape index (κ1) is 14.7. The van der Waals surface area contributed by atoms with E-state index in [1.165, 1.54) is 12.4 Å². The third-order valence-corrected chi connectivity index (χ3v) is 3.41. The molecule has 1 heterocycles.